The average Bonchev–Trinajstić information content (AvgIpc) is 3.24. The van der Waals surface area contributed by atoms with Crippen molar-refractivity contribution in [3.05, 3.63) is 66.4 Å². The molecule has 0 radical (unpaired) electrons. The number of hydrogen-bond donors (Lipinski definition) is 1. The van der Waals surface area contributed by atoms with E-state index in [1.54, 1.807) is 25.7 Å². The van der Waals surface area contributed by atoms with Gasteiger partial charge in [0.1, 0.15) is 16.5 Å². The predicted molar refractivity (Wildman–Crippen MR) is 103 cm³/mol. The van der Waals surface area contributed by atoms with Crippen LogP contribution in [0.5, 0.6) is 5.75 Å². The molecule has 0 aliphatic carbocycles. The monoisotopic (exact) mass is 361 g/mol. The fraction of sp³-hybridized carbons (Fsp3) is 0.0526. The highest BCUT2D eigenvalue weighted by atomic mass is 32.1. The van der Waals surface area contributed by atoms with Crippen molar-refractivity contribution in [3.63, 3.8) is 0 Å². The fourth-order valence-corrected chi connectivity index (χ4v) is 3.05. The molecule has 128 valence electrons. The van der Waals surface area contributed by atoms with E-state index in [1.807, 2.05) is 47.8 Å². The van der Waals surface area contributed by atoms with Crippen LogP contribution in [0.15, 0.2) is 66.4 Å². The molecule has 26 heavy (non-hydrogen) atoms. The lowest BCUT2D eigenvalue weighted by atomic mass is 10.2. The molecule has 7 heteroatoms. The van der Waals surface area contributed by atoms with Gasteiger partial charge in [0.25, 0.3) is 0 Å². The Kier molecular flexibility index (Phi) is 4.53. The summed E-state index contributed by atoms with van der Waals surface area (Å²) in [6, 6.07) is 13.4. The molecule has 0 amide bonds. The van der Waals surface area contributed by atoms with Gasteiger partial charge >= 0.3 is 0 Å². The molecule has 0 fully saturated rings. The SMILES string of the molecule is COc1ccc(-c2nccs2)nc1Nc1ccc(-c2ccccn2)cn1. The number of rotatable bonds is 5. The van der Waals surface area contributed by atoms with Crippen LogP contribution < -0.4 is 10.1 Å². The lowest BCUT2D eigenvalue weighted by Crippen LogP contribution is -2.00. The summed E-state index contributed by atoms with van der Waals surface area (Å²) in [5.41, 5.74) is 2.62. The molecule has 0 saturated heterocycles. The van der Waals surface area contributed by atoms with Gasteiger partial charge in [-0.05, 0) is 36.4 Å². The number of ether oxygens (including phenoxy) is 1. The van der Waals surface area contributed by atoms with Crippen molar-refractivity contribution in [2.45, 2.75) is 0 Å². The van der Waals surface area contributed by atoms with Crippen LogP contribution in [0.3, 0.4) is 0 Å². The molecular weight excluding hydrogens is 346 g/mol. The molecular formula is C19H15N5OS. The second-order valence-corrected chi connectivity index (χ2v) is 6.25. The summed E-state index contributed by atoms with van der Waals surface area (Å²) in [5.74, 6) is 1.91. The van der Waals surface area contributed by atoms with Gasteiger partial charge in [-0.1, -0.05) is 6.07 Å². The molecule has 0 atom stereocenters. The van der Waals surface area contributed by atoms with E-state index in [0.717, 1.165) is 22.0 Å². The maximum absolute atomic E-state index is 5.40. The van der Waals surface area contributed by atoms with E-state index in [-0.39, 0.29) is 0 Å². The zero-order valence-corrected chi connectivity index (χ0v) is 14.8. The molecule has 4 aromatic heterocycles. The number of aromatic nitrogens is 4. The summed E-state index contributed by atoms with van der Waals surface area (Å²) in [6.07, 6.45) is 5.30. The minimum Gasteiger partial charge on any atom is -0.493 e. The van der Waals surface area contributed by atoms with Crippen LogP contribution in [0.2, 0.25) is 0 Å². The van der Waals surface area contributed by atoms with E-state index >= 15 is 0 Å². The third-order valence-electron chi connectivity index (χ3n) is 3.70. The first-order valence-electron chi connectivity index (χ1n) is 7.93. The lowest BCUT2D eigenvalue weighted by molar-refractivity contribution is 0.415. The van der Waals surface area contributed by atoms with E-state index in [9.17, 15) is 0 Å². The molecule has 4 rings (SSSR count). The summed E-state index contributed by atoms with van der Waals surface area (Å²) in [6.45, 7) is 0. The fourth-order valence-electron chi connectivity index (χ4n) is 2.44. The van der Waals surface area contributed by atoms with Gasteiger partial charge in [-0.15, -0.1) is 11.3 Å². The summed E-state index contributed by atoms with van der Waals surface area (Å²) in [4.78, 5) is 17.7. The summed E-state index contributed by atoms with van der Waals surface area (Å²) in [5, 5.41) is 5.99. The first-order chi connectivity index (χ1) is 12.8. The van der Waals surface area contributed by atoms with E-state index in [0.29, 0.717) is 17.4 Å². The number of anilines is 2. The second kappa shape index (κ2) is 7.28. The molecule has 0 bridgehead atoms. The molecule has 0 aliphatic rings. The van der Waals surface area contributed by atoms with Gasteiger partial charge in [0.2, 0.25) is 0 Å². The van der Waals surface area contributed by atoms with E-state index in [1.165, 1.54) is 11.3 Å². The third kappa shape index (κ3) is 3.38. The van der Waals surface area contributed by atoms with Crippen LogP contribution in [-0.2, 0) is 0 Å². The van der Waals surface area contributed by atoms with E-state index < -0.39 is 0 Å². The van der Waals surface area contributed by atoms with Crippen LogP contribution in [0, 0.1) is 0 Å². The first-order valence-corrected chi connectivity index (χ1v) is 8.81. The van der Waals surface area contributed by atoms with E-state index in [4.69, 9.17) is 4.74 Å². The summed E-state index contributed by atoms with van der Waals surface area (Å²) >= 11 is 1.54. The van der Waals surface area contributed by atoms with Crippen LogP contribution in [0.1, 0.15) is 0 Å². The Labute approximate surface area is 154 Å². The van der Waals surface area contributed by atoms with Crippen molar-refractivity contribution in [2.24, 2.45) is 0 Å². The van der Waals surface area contributed by atoms with Gasteiger partial charge in [0, 0.05) is 29.5 Å². The molecule has 0 saturated carbocycles. The van der Waals surface area contributed by atoms with Crippen LogP contribution >= 0.6 is 11.3 Å². The smallest absolute Gasteiger partial charge is 0.175 e. The van der Waals surface area contributed by atoms with Gasteiger partial charge in [0.05, 0.1) is 12.8 Å². The Morgan fingerprint density at radius 3 is 2.58 bits per heavy atom. The van der Waals surface area contributed by atoms with Gasteiger partial charge in [-0.3, -0.25) is 4.98 Å². The van der Waals surface area contributed by atoms with Gasteiger partial charge in [-0.25, -0.2) is 15.0 Å². The average molecular weight is 361 g/mol. The maximum Gasteiger partial charge on any atom is 0.175 e. The lowest BCUT2D eigenvalue weighted by Gasteiger charge is -2.11. The normalized spacial score (nSPS) is 10.5. The van der Waals surface area contributed by atoms with Crippen molar-refractivity contribution in [2.75, 3.05) is 12.4 Å². The minimum atomic E-state index is 0.596. The van der Waals surface area contributed by atoms with Gasteiger partial charge < -0.3 is 10.1 Å². The van der Waals surface area contributed by atoms with E-state index in [2.05, 4.69) is 25.3 Å². The molecule has 0 unspecified atom stereocenters. The number of nitrogens with one attached hydrogen (secondary N) is 1. The molecule has 0 spiro atoms. The van der Waals surface area contributed by atoms with Crippen LogP contribution in [0.4, 0.5) is 11.6 Å². The molecule has 4 heterocycles. The maximum atomic E-state index is 5.40. The first kappa shape index (κ1) is 16.2. The Bertz CT molecular complexity index is 988. The highest BCUT2D eigenvalue weighted by Crippen LogP contribution is 2.30. The topological polar surface area (TPSA) is 72.8 Å². The number of nitrogens with zero attached hydrogens (tertiary/aromatic N) is 4. The second-order valence-electron chi connectivity index (χ2n) is 5.36. The molecule has 6 nitrogen and oxygen atoms in total. The van der Waals surface area contributed by atoms with Crippen molar-refractivity contribution in [1.82, 2.24) is 19.9 Å². The van der Waals surface area contributed by atoms with Crippen molar-refractivity contribution in [1.29, 1.82) is 0 Å². The third-order valence-corrected chi connectivity index (χ3v) is 4.50. The molecule has 1 N–H and O–H groups in total. The largest absolute Gasteiger partial charge is 0.493 e. The summed E-state index contributed by atoms with van der Waals surface area (Å²) < 4.78 is 5.40. The predicted octanol–water partition coefficient (Wildman–Crippen LogP) is 4.41. The highest BCUT2D eigenvalue weighted by molar-refractivity contribution is 7.13. The number of methoxy groups -OCH3 is 1. The van der Waals surface area contributed by atoms with Crippen LogP contribution in [-0.4, -0.2) is 27.0 Å². The zero-order chi connectivity index (χ0) is 17.8. The van der Waals surface area contributed by atoms with Crippen molar-refractivity contribution in [3.8, 4) is 27.7 Å². The highest BCUT2D eigenvalue weighted by Gasteiger charge is 2.10. The van der Waals surface area contributed by atoms with Crippen LogP contribution in [0.25, 0.3) is 22.0 Å². The standard InChI is InChI=1S/C19H15N5OS/c1-25-16-7-6-15(19-21-10-11-26-19)23-18(16)24-17-8-5-13(12-22-17)14-4-2-3-9-20-14/h2-12H,1H3,(H,22,23,24). The molecule has 4 aromatic rings. The zero-order valence-electron chi connectivity index (χ0n) is 14.0. The Balaban J connectivity index is 1.61. The Morgan fingerprint density at radius 1 is 0.923 bits per heavy atom. The minimum absolute atomic E-state index is 0.596. The van der Waals surface area contributed by atoms with Crippen molar-refractivity contribution >= 4 is 23.0 Å². The molecule has 0 aromatic carbocycles. The number of pyridine rings is 3. The molecule has 0 aliphatic heterocycles. The van der Waals surface area contributed by atoms with Crippen molar-refractivity contribution < 1.29 is 4.74 Å². The van der Waals surface area contributed by atoms with Gasteiger partial charge in [-0.2, -0.15) is 0 Å². The van der Waals surface area contributed by atoms with Gasteiger partial charge in [0.15, 0.2) is 11.6 Å². The Hall–Kier alpha value is -3.32. The Morgan fingerprint density at radius 2 is 1.88 bits per heavy atom. The quantitative estimate of drug-likeness (QED) is 0.567. The summed E-state index contributed by atoms with van der Waals surface area (Å²) in [7, 11) is 1.61. The number of thiazole rings is 1. The number of hydrogen-bond acceptors (Lipinski definition) is 7.